The number of rotatable bonds is 5. The van der Waals surface area contributed by atoms with Crippen molar-refractivity contribution in [2.75, 3.05) is 7.11 Å². The van der Waals surface area contributed by atoms with Gasteiger partial charge in [-0.05, 0) is 32.4 Å². The van der Waals surface area contributed by atoms with E-state index in [2.05, 4.69) is 10.3 Å². The molecule has 0 aliphatic heterocycles. The molecule has 1 amide bonds. The lowest BCUT2D eigenvalue weighted by molar-refractivity contribution is -0.147. The van der Waals surface area contributed by atoms with Gasteiger partial charge in [0, 0.05) is 18.9 Å². The fraction of sp³-hybridized carbons (Fsp3) is 0.444. The van der Waals surface area contributed by atoms with Crippen molar-refractivity contribution in [3.8, 4) is 0 Å². The molecule has 7 nitrogen and oxygen atoms in total. The lowest BCUT2D eigenvalue weighted by Crippen LogP contribution is -2.53. The summed E-state index contributed by atoms with van der Waals surface area (Å²) in [5, 5.41) is 3.02. The fourth-order valence-electron chi connectivity index (χ4n) is 2.87. The van der Waals surface area contributed by atoms with Crippen molar-refractivity contribution in [2.24, 2.45) is 7.05 Å². The minimum absolute atomic E-state index is 0.0353. The van der Waals surface area contributed by atoms with Crippen molar-refractivity contribution in [2.45, 2.75) is 39.2 Å². The van der Waals surface area contributed by atoms with Gasteiger partial charge in [0.2, 0.25) is 5.43 Å². The summed E-state index contributed by atoms with van der Waals surface area (Å²) in [4.78, 5) is 41.8. The minimum atomic E-state index is -1.19. The number of pyridine rings is 2. The largest absolute Gasteiger partial charge is 0.467 e. The molecule has 0 aliphatic rings. The van der Waals surface area contributed by atoms with Gasteiger partial charge in [-0.15, -0.1) is 0 Å². The van der Waals surface area contributed by atoms with Gasteiger partial charge in [-0.1, -0.05) is 13.3 Å². The molecule has 0 saturated heterocycles. The summed E-state index contributed by atoms with van der Waals surface area (Å²) in [6, 6.07) is 3.38. The summed E-state index contributed by atoms with van der Waals surface area (Å²) in [6.07, 6.45) is 2.51. The molecule has 0 radical (unpaired) electrons. The molecule has 0 fully saturated rings. The number of nitrogens with one attached hydrogen (secondary N) is 1. The normalized spacial score (nSPS) is 13.3. The molecule has 25 heavy (non-hydrogen) atoms. The maximum atomic E-state index is 12.7. The van der Waals surface area contributed by atoms with E-state index >= 15 is 0 Å². The second kappa shape index (κ2) is 7.04. The highest BCUT2D eigenvalue weighted by Crippen LogP contribution is 2.16. The summed E-state index contributed by atoms with van der Waals surface area (Å²) >= 11 is 0. The van der Waals surface area contributed by atoms with Crippen molar-refractivity contribution in [1.82, 2.24) is 14.9 Å². The van der Waals surface area contributed by atoms with Gasteiger partial charge in [0.1, 0.15) is 16.7 Å². The van der Waals surface area contributed by atoms with Gasteiger partial charge in [0.05, 0.1) is 12.5 Å². The number of hydrogen-bond donors (Lipinski definition) is 1. The SMILES string of the molecule is CCCC(C)(NC(=O)c1cn(C)c2nc(C)ccc2c1=O)C(=O)OC. The van der Waals surface area contributed by atoms with E-state index in [4.69, 9.17) is 4.74 Å². The lowest BCUT2D eigenvalue weighted by Gasteiger charge is -2.27. The molecular weight excluding hydrogens is 322 g/mol. The van der Waals surface area contributed by atoms with E-state index in [1.807, 2.05) is 13.8 Å². The Morgan fingerprint density at radius 2 is 2.04 bits per heavy atom. The average molecular weight is 345 g/mol. The van der Waals surface area contributed by atoms with Crippen molar-refractivity contribution in [1.29, 1.82) is 0 Å². The number of fused-ring (bicyclic) bond motifs is 1. The van der Waals surface area contributed by atoms with Gasteiger partial charge < -0.3 is 14.6 Å². The van der Waals surface area contributed by atoms with Crippen LogP contribution in [-0.4, -0.2) is 34.1 Å². The molecule has 2 aromatic rings. The zero-order valence-electron chi connectivity index (χ0n) is 15.2. The molecule has 134 valence electrons. The van der Waals surface area contributed by atoms with Crippen LogP contribution in [0.5, 0.6) is 0 Å². The third kappa shape index (κ3) is 3.55. The maximum Gasteiger partial charge on any atom is 0.331 e. The lowest BCUT2D eigenvalue weighted by atomic mass is 9.95. The third-order valence-corrected chi connectivity index (χ3v) is 4.18. The van der Waals surface area contributed by atoms with E-state index in [1.54, 1.807) is 30.7 Å². The Balaban J connectivity index is 2.49. The van der Waals surface area contributed by atoms with E-state index in [0.29, 0.717) is 23.9 Å². The van der Waals surface area contributed by atoms with E-state index in [0.717, 1.165) is 5.69 Å². The number of hydrogen-bond acceptors (Lipinski definition) is 5. The summed E-state index contributed by atoms with van der Waals surface area (Å²) < 4.78 is 6.43. The zero-order valence-corrected chi connectivity index (χ0v) is 15.2. The van der Waals surface area contributed by atoms with Crippen LogP contribution in [0.15, 0.2) is 23.1 Å². The second-order valence-electron chi connectivity index (χ2n) is 6.33. The summed E-state index contributed by atoms with van der Waals surface area (Å²) in [6.45, 7) is 5.32. The minimum Gasteiger partial charge on any atom is -0.467 e. The van der Waals surface area contributed by atoms with Crippen molar-refractivity contribution >= 4 is 22.9 Å². The first-order chi connectivity index (χ1) is 11.7. The van der Waals surface area contributed by atoms with Crippen molar-refractivity contribution < 1.29 is 14.3 Å². The Bertz CT molecular complexity index is 888. The smallest absolute Gasteiger partial charge is 0.331 e. The molecule has 0 spiro atoms. The molecule has 0 aliphatic carbocycles. The van der Waals surface area contributed by atoms with Gasteiger partial charge in [0.25, 0.3) is 5.91 Å². The van der Waals surface area contributed by atoms with Gasteiger partial charge >= 0.3 is 5.97 Å². The summed E-state index contributed by atoms with van der Waals surface area (Å²) in [7, 11) is 2.99. The Hall–Kier alpha value is -2.70. The number of nitrogens with zero attached hydrogens (tertiary/aromatic N) is 2. The first-order valence-corrected chi connectivity index (χ1v) is 8.11. The Morgan fingerprint density at radius 1 is 1.36 bits per heavy atom. The van der Waals surface area contributed by atoms with Crippen LogP contribution in [0.2, 0.25) is 0 Å². The van der Waals surface area contributed by atoms with Gasteiger partial charge in [0.15, 0.2) is 0 Å². The number of amides is 1. The van der Waals surface area contributed by atoms with E-state index in [9.17, 15) is 14.4 Å². The summed E-state index contributed by atoms with van der Waals surface area (Å²) in [5.74, 6) is -1.15. The predicted octanol–water partition coefficient (Wildman–Crippen LogP) is 1.70. The standard InChI is InChI=1S/C18H23N3O4/c1-6-9-18(3,17(24)25-5)20-16(23)13-10-21(4)15-12(14(13)22)8-7-11(2)19-15/h7-8,10H,6,9H2,1-5H3,(H,20,23). The zero-order chi connectivity index (χ0) is 18.8. The number of carbonyl (C=O) groups is 2. The Kier molecular flexibility index (Phi) is 5.25. The predicted molar refractivity (Wildman–Crippen MR) is 94.5 cm³/mol. The number of methoxy groups -OCH3 is 1. The highest BCUT2D eigenvalue weighted by atomic mass is 16.5. The van der Waals surface area contributed by atoms with Crippen LogP contribution >= 0.6 is 0 Å². The Morgan fingerprint density at radius 3 is 2.64 bits per heavy atom. The van der Waals surface area contributed by atoms with E-state index in [-0.39, 0.29) is 5.56 Å². The molecule has 0 aromatic carbocycles. The van der Waals surface area contributed by atoms with Gasteiger partial charge in [-0.3, -0.25) is 9.59 Å². The quantitative estimate of drug-likeness (QED) is 0.833. The number of ether oxygens (including phenoxy) is 1. The average Bonchev–Trinajstić information content (AvgIpc) is 2.57. The summed E-state index contributed by atoms with van der Waals surface area (Å²) in [5.41, 5.74) is -0.355. The van der Waals surface area contributed by atoms with Crippen LogP contribution < -0.4 is 10.7 Å². The van der Waals surface area contributed by atoms with Crippen molar-refractivity contribution in [3.05, 3.63) is 39.8 Å². The second-order valence-corrected chi connectivity index (χ2v) is 6.33. The van der Waals surface area contributed by atoms with Crippen molar-refractivity contribution in [3.63, 3.8) is 0 Å². The van der Waals surface area contributed by atoms with Crippen LogP contribution in [0.3, 0.4) is 0 Å². The van der Waals surface area contributed by atoms with Crippen LogP contribution in [0.4, 0.5) is 0 Å². The van der Waals surface area contributed by atoms with Crippen LogP contribution in [0, 0.1) is 6.92 Å². The van der Waals surface area contributed by atoms with E-state index in [1.165, 1.54) is 13.3 Å². The Labute approximate surface area is 146 Å². The molecule has 2 rings (SSSR count). The van der Waals surface area contributed by atoms with Crippen LogP contribution in [0.1, 0.15) is 42.7 Å². The number of carbonyl (C=O) groups excluding carboxylic acids is 2. The highest BCUT2D eigenvalue weighted by Gasteiger charge is 2.36. The molecule has 1 unspecified atom stereocenters. The molecular formula is C18H23N3O4. The topological polar surface area (TPSA) is 90.3 Å². The number of aryl methyl sites for hydroxylation is 2. The van der Waals surface area contributed by atoms with Crippen LogP contribution in [0.25, 0.3) is 11.0 Å². The third-order valence-electron chi connectivity index (χ3n) is 4.18. The monoisotopic (exact) mass is 345 g/mol. The fourth-order valence-corrected chi connectivity index (χ4v) is 2.87. The van der Waals surface area contributed by atoms with Gasteiger partial charge in [-0.25, -0.2) is 9.78 Å². The molecule has 1 atom stereocenters. The molecule has 2 heterocycles. The van der Waals surface area contributed by atoms with Gasteiger partial charge in [-0.2, -0.15) is 0 Å². The van der Waals surface area contributed by atoms with Crippen LogP contribution in [-0.2, 0) is 16.6 Å². The maximum absolute atomic E-state index is 12.7. The molecule has 2 aromatic heterocycles. The molecule has 7 heteroatoms. The number of aromatic nitrogens is 2. The van der Waals surface area contributed by atoms with E-state index < -0.39 is 22.8 Å². The molecule has 0 saturated carbocycles. The number of esters is 1. The first kappa shape index (κ1) is 18.6. The first-order valence-electron chi connectivity index (χ1n) is 8.11. The molecule has 1 N–H and O–H groups in total. The highest BCUT2D eigenvalue weighted by molar-refractivity contribution is 5.99. The molecule has 0 bridgehead atoms.